The zero-order chi connectivity index (χ0) is 24.0. The van der Waals surface area contributed by atoms with E-state index in [1.807, 2.05) is 22.9 Å². The van der Waals surface area contributed by atoms with Crippen LogP contribution in [0.1, 0.15) is 60.5 Å². The van der Waals surface area contributed by atoms with Gasteiger partial charge in [0.05, 0.1) is 23.3 Å². The van der Waals surface area contributed by atoms with E-state index < -0.39 is 6.04 Å². The number of carbonyl (C=O) groups excluding carboxylic acids is 1. The van der Waals surface area contributed by atoms with Crippen LogP contribution in [-0.2, 0) is 12.0 Å². The Morgan fingerprint density at radius 3 is 2.50 bits per heavy atom. The Balaban J connectivity index is 1.60. The lowest BCUT2D eigenvalue weighted by Crippen LogP contribution is -2.31. The SMILES string of the molecule is CC(C)(C)c1ccc([C@@H]2c3c(oc4ccc(Cl)cc4c3=O)C(=O)N2CCCn2ccnc2)cc1. The quantitative estimate of drug-likeness (QED) is 0.378. The highest BCUT2D eigenvalue weighted by molar-refractivity contribution is 6.31. The van der Waals surface area contributed by atoms with Crippen LogP contribution in [0.5, 0.6) is 0 Å². The van der Waals surface area contributed by atoms with Crippen molar-refractivity contribution in [3.8, 4) is 0 Å². The Bertz CT molecular complexity index is 1420. The van der Waals surface area contributed by atoms with E-state index in [0.717, 1.165) is 12.1 Å². The molecule has 0 bridgehead atoms. The van der Waals surface area contributed by atoms with E-state index in [0.29, 0.717) is 34.5 Å². The minimum absolute atomic E-state index is 0.00159. The van der Waals surface area contributed by atoms with Gasteiger partial charge < -0.3 is 13.9 Å². The van der Waals surface area contributed by atoms with E-state index in [4.69, 9.17) is 16.0 Å². The molecule has 1 atom stereocenters. The van der Waals surface area contributed by atoms with E-state index in [1.54, 1.807) is 35.6 Å². The molecule has 1 aliphatic heterocycles. The number of hydrogen-bond donors (Lipinski definition) is 0. The number of aromatic nitrogens is 2. The number of halogens is 1. The summed E-state index contributed by atoms with van der Waals surface area (Å²) in [5, 5.41) is 0.836. The van der Waals surface area contributed by atoms with Crippen molar-refractivity contribution in [1.82, 2.24) is 14.5 Å². The number of imidazole rings is 1. The lowest BCUT2D eigenvalue weighted by molar-refractivity contribution is 0.0723. The number of nitrogens with zero attached hydrogens (tertiary/aromatic N) is 3. The van der Waals surface area contributed by atoms with Gasteiger partial charge in [-0.05, 0) is 41.2 Å². The zero-order valence-electron chi connectivity index (χ0n) is 19.4. The summed E-state index contributed by atoms with van der Waals surface area (Å²) < 4.78 is 7.97. The van der Waals surface area contributed by atoms with Gasteiger partial charge in [-0.2, -0.15) is 0 Å². The summed E-state index contributed by atoms with van der Waals surface area (Å²) in [4.78, 5) is 33.0. The summed E-state index contributed by atoms with van der Waals surface area (Å²) in [7, 11) is 0. The van der Waals surface area contributed by atoms with Crippen molar-refractivity contribution < 1.29 is 9.21 Å². The number of carbonyl (C=O) groups is 1. The fourth-order valence-corrected chi connectivity index (χ4v) is 4.75. The minimum Gasteiger partial charge on any atom is -0.450 e. The molecule has 0 saturated carbocycles. The third-order valence-electron chi connectivity index (χ3n) is 6.39. The van der Waals surface area contributed by atoms with Crippen molar-refractivity contribution >= 4 is 28.5 Å². The van der Waals surface area contributed by atoms with Crippen LogP contribution >= 0.6 is 11.6 Å². The van der Waals surface area contributed by atoms with Crippen LogP contribution in [0.4, 0.5) is 0 Å². The molecule has 174 valence electrons. The Kier molecular flexibility index (Phi) is 5.56. The second-order valence-corrected chi connectivity index (χ2v) is 10.2. The van der Waals surface area contributed by atoms with E-state index in [2.05, 4.69) is 37.9 Å². The average molecular weight is 476 g/mol. The van der Waals surface area contributed by atoms with Crippen LogP contribution in [0.2, 0.25) is 5.02 Å². The number of aryl methyl sites for hydroxylation is 1. The van der Waals surface area contributed by atoms with Crippen molar-refractivity contribution in [2.24, 2.45) is 0 Å². The Labute approximate surface area is 202 Å². The molecule has 6 nitrogen and oxygen atoms in total. The Hall–Kier alpha value is -3.38. The minimum atomic E-state index is -0.515. The van der Waals surface area contributed by atoms with Crippen LogP contribution in [-0.4, -0.2) is 26.9 Å². The van der Waals surface area contributed by atoms with Crippen molar-refractivity contribution in [2.45, 2.75) is 45.2 Å². The first kappa shape index (κ1) is 22.4. The van der Waals surface area contributed by atoms with E-state index in [1.165, 1.54) is 5.56 Å². The molecule has 5 rings (SSSR count). The normalized spacial score (nSPS) is 15.8. The molecule has 1 aliphatic rings. The van der Waals surface area contributed by atoms with Gasteiger partial charge in [0.1, 0.15) is 5.58 Å². The van der Waals surface area contributed by atoms with Crippen molar-refractivity contribution in [3.05, 3.63) is 98.9 Å². The summed E-state index contributed by atoms with van der Waals surface area (Å²) in [5.74, 6) is -0.146. The summed E-state index contributed by atoms with van der Waals surface area (Å²) in [6, 6.07) is 12.6. The fourth-order valence-electron chi connectivity index (χ4n) is 4.58. The predicted octanol–water partition coefficient (Wildman–Crippen LogP) is 5.58. The first-order chi connectivity index (χ1) is 16.2. The van der Waals surface area contributed by atoms with Gasteiger partial charge in [0.25, 0.3) is 5.91 Å². The van der Waals surface area contributed by atoms with Gasteiger partial charge in [0.2, 0.25) is 5.76 Å². The largest absolute Gasteiger partial charge is 0.450 e. The first-order valence-electron chi connectivity index (χ1n) is 11.4. The highest BCUT2D eigenvalue weighted by Gasteiger charge is 2.42. The van der Waals surface area contributed by atoms with Gasteiger partial charge in [-0.25, -0.2) is 4.98 Å². The third-order valence-corrected chi connectivity index (χ3v) is 6.63. The second kappa shape index (κ2) is 8.44. The lowest BCUT2D eigenvalue weighted by atomic mass is 9.86. The molecule has 7 heteroatoms. The number of hydrogen-bond acceptors (Lipinski definition) is 4. The molecule has 0 aliphatic carbocycles. The molecule has 0 radical (unpaired) electrons. The lowest BCUT2D eigenvalue weighted by Gasteiger charge is -2.26. The molecule has 3 heterocycles. The average Bonchev–Trinajstić information content (AvgIpc) is 3.41. The van der Waals surface area contributed by atoms with E-state index in [-0.39, 0.29) is 22.5 Å². The maximum atomic E-state index is 13.6. The molecule has 2 aromatic heterocycles. The van der Waals surface area contributed by atoms with Gasteiger partial charge >= 0.3 is 0 Å². The van der Waals surface area contributed by atoms with Crippen LogP contribution < -0.4 is 5.43 Å². The van der Waals surface area contributed by atoms with E-state index in [9.17, 15) is 9.59 Å². The monoisotopic (exact) mass is 475 g/mol. The molecule has 34 heavy (non-hydrogen) atoms. The summed E-state index contributed by atoms with van der Waals surface area (Å²) in [6.45, 7) is 7.66. The van der Waals surface area contributed by atoms with E-state index >= 15 is 0 Å². The van der Waals surface area contributed by atoms with Crippen molar-refractivity contribution in [2.75, 3.05) is 6.54 Å². The number of rotatable bonds is 5. The molecule has 0 unspecified atom stereocenters. The molecule has 2 aromatic carbocycles. The molecule has 4 aromatic rings. The Morgan fingerprint density at radius 2 is 1.82 bits per heavy atom. The predicted molar refractivity (Wildman–Crippen MR) is 132 cm³/mol. The third kappa shape index (κ3) is 3.92. The highest BCUT2D eigenvalue weighted by atomic mass is 35.5. The second-order valence-electron chi connectivity index (χ2n) is 9.74. The summed E-state index contributed by atoms with van der Waals surface area (Å²) >= 11 is 6.16. The standard InChI is InChI=1S/C27H26ClN3O3/c1-27(2,3)18-7-5-17(6-8-18)23-22-24(32)20-15-19(28)9-10-21(20)34-25(22)26(33)31(23)13-4-12-30-14-11-29-16-30/h5-11,14-16,23H,4,12-13H2,1-3H3/t23-/m1/s1. The first-order valence-corrected chi connectivity index (χ1v) is 11.8. The van der Waals surface area contributed by atoms with Crippen LogP contribution in [0.3, 0.4) is 0 Å². The molecule has 1 amide bonds. The van der Waals surface area contributed by atoms with Gasteiger partial charge in [-0.15, -0.1) is 0 Å². The smallest absolute Gasteiger partial charge is 0.290 e. The highest BCUT2D eigenvalue weighted by Crippen LogP contribution is 2.39. The van der Waals surface area contributed by atoms with Gasteiger partial charge in [-0.3, -0.25) is 9.59 Å². The van der Waals surface area contributed by atoms with Crippen LogP contribution in [0, 0.1) is 0 Å². The van der Waals surface area contributed by atoms with Crippen LogP contribution in [0.15, 0.2) is 70.4 Å². The molecule has 0 saturated heterocycles. The molecular formula is C27H26ClN3O3. The van der Waals surface area contributed by atoms with Gasteiger partial charge in [0, 0.05) is 30.5 Å². The van der Waals surface area contributed by atoms with Crippen LogP contribution in [0.25, 0.3) is 11.0 Å². The zero-order valence-corrected chi connectivity index (χ0v) is 20.2. The Morgan fingerprint density at radius 1 is 1.06 bits per heavy atom. The van der Waals surface area contributed by atoms with Gasteiger partial charge in [0.15, 0.2) is 5.43 Å². The fraction of sp³-hybridized carbons (Fsp3) is 0.296. The molecule has 0 N–H and O–H groups in total. The summed E-state index contributed by atoms with van der Waals surface area (Å²) in [5.41, 5.74) is 2.60. The summed E-state index contributed by atoms with van der Waals surface area (Å²) in [6.07, 6.45) is 6.09. The maximum Gasteiger partial charge on any atom is 0.290 e. The van der Waals surface area contributed by atoms with Crippen molar-refractivity contribution in [3.63, 3.8) is 0 Å². The maximum absolute atomic E-state index is 13.6. The molecular weight excluding hydrogens is 450 g/mol. The topological polar surface area (TPSA) is 68.3 Å². The van der Waals surface area contributed by atoms with Crippen molar-refractivity contribution in [1.29, 1.82) is 0 Å². The number of amides is 1. The number of fused-ring (bicyclic) bond motifs is 2. The molecule has 0 spiro atoms. The van der Waals surface area contributed by atoms with Gasteiger partial charge in [-0.1, -0.05) is 56.6 Å². The number of benzene rings is 2. The molecule has 0 fully saturated rings.